The number of amides is 1. The molecule has 1 aromatic heterocycles. The van der Waals surface area contributed by atoms with Crippen LogP contribution < -0.4 is 0 Å². The first kappa shape index (κ1) is 13.7. The number of H-pyrrole nitrogens is 1. The summed E-state index contributed by atoms with van der Waals surface area (Å²) in [6.45, 7) is 7.93. The molecule has 0 saturated carbocycles. The molecule has 0 atom stereocenters. The monoisotopic (exact) mass is 239 g/mol. The summed E-state index contributed by atoms with van der Waals surface area (Å²) >= 11 is 0. The highest BCUT2D eigenvalue weighted by Gasteiger charge is 2.19. The number of rotatable bonds is 6. The van der Waals surface area contributed by atoms with Crippen molar-refractivity contribution in [1.29, 1.82) is 0 Å². The van der Waals surface area contributed by atoms with Crippen LogP contribution in [0.5, 0.6) is 0 Å². The number of aromatic nitrogens is 2. The fourth-order valence-electron chi connectivity index (χ4n) is 1.65. The van der Waals surface area contributed by atoms with Gasteiger partial charge in [0.2, 0.25) is 0 Å². The summed E-state index contributed by atoms with van der Waals surface area (Å²) in [5.74, 6) is 0.449. The lowest BCUT2D eigenvalue weighted by atomic mass is 10.1. The average Bonchev–Trinajstić information content (AvgIpc) is 2.69. The van der Waals surface area contributed by atoms with Crippen LogP contribution in [0.4, 0.5) is 0 Å². The van der Waals surface area contributed by atoms with Crippen LogP contribution in [0.1, 0.15) is 29.9 Å². The third-order valence-corrected chi connectivity index (χ3v) is 2.50. The zero-order valence-electron chi connectivity index (χ0n) is 11.0. The molecular formula is C12H21N3O2. The van der Waals surface area contributed by atoms with Crippen molar-refractivity contribution in [3.63, 3.8) is 0 Å². The maximum Gasteiger partial charge on any atom is 0.257 e. The van der Waals surface area contributed by atoms with E-state index in [2.05, 4.69) is 24.0 Å². The van der Waals surface area contributed by atoms with E-state index in [1.165, 1.54) is 0 Å². The maximum absolute atomic E-state index is 12.3. The molecule has 0 spiro atoms. The van der Waals surface area contributed by atoms with Crippen molar-refractivity contribution in [2.75, 3.05) is 26.8 Å². The molecule has 0 aliphatic carbocycles. The Kier molecular flexibility index (Phi) is 5.15. The number of nitrogens with one attached hydrogen (secondary N) is 1. The highest BCUT2D eigenvalue weighted by molar-refractivity contribution is 5.95. The van der Waals surface area contributed by atoms with Gasteiger partial charge in [0.25, 0.3) is 5.91 Å². The summed E-state index contributed by atoms with van der Waals surface area (Å²) in [5, 5.41) is 6.67. The second-order valence-corrected chi connectivity index (χ2v) is 4.55. The number of aromatic amines is 1. The second kappa shape index (κ2) is 6.39. The molecule has 5 nitrogen and oxygen atoms in total. The third-order valence-electron chi connectivity index (χ3n) is 2.50. The minimum absolute atomic E-state index is 0.0157. The molecule has 0 aliphatic rings. The average molecular weight is 239 g/mol. The molecule has 0 unspecified atom stereocenters. The van der Waals surface area contributed by atoms with E-state index in [4.69, 9.17) is 4.74 Å². The first-order valence-electron chi connectivity index (χ1n) is 5.84. The zero-order valence-corrected chi connectivity index (χ0v) is 11.0. The Morgan fingerprint density at radius 3 is 2.76 bits per heavy atom. The Morgan fingerprint density at radius 2 is 2.29 bits per heavy atom. The smallest absolute Gasteiger partial charge is 0.257 e. The molecular weight excluding hydrogens is 218 g/mol. The van der Waals surface area contributed by atoms with Crippen molar-refractivity contribution >= 4 is 5.91 Å². The van der Waals surface area contributed by atoms with E-state index in [-0.39, 0.29) is 5.91 Å². The van der Waals surface area contributed by atoms with Gasteiger partial charge in [-0.3, -0.25) is 9.89 Å². The quantitative estimate of drug-likeness (QED) is 0.817. The number of hydrogen-bond donors (Lipinski definition) is 1. The van der Waals surface area contributed by atoms with E-state index in [1.807, 2.05) is 11.8 Å². The molecule has 1 heterocycles. The topological polar surface area (TPSA) is 58.2 Å². The van der Waals surface area contributed by atoms with Gasteiger partial charge >= 0.3 is 0 Å². The van der Waals surface area contributed by atoms with Crippen LogP contribution in [0.25, 0.3) is 0 Å². The van der Waals surface area contributed by atoms with Gasteiger partial charge in [-0.1, -0.05) is 13.8 Å². The number of aryl methyl sites for hydroxylation is 1. The summed E-state index contributed by atoms with van der Waals surface area (Å²) in [5.41, 5.74) is 1.45. The number of hydrogen-bond acceptors (Lipinski definition) is 3. The van der Waals surface area contributed by atoms with E-state index >= 15 is 0 Å². The van der Waals surface area contributed by atoms with Crippen LogP contribution in [0.2, 0.25) is 0 Å². The Bertz CT molecular complexity index is 360. The van der Waals surface area contributed by atoms with Crippen molar-refractivity contribution in [2.45, 2.75) is 20.8 Å². The van der Waals surface area contributed by atoms with Crippen LogP contribution in [-0.4, -0.2) is 47.8 Å². The minimum atomic E-state index is 0.0157. The molecule has 0 fully saturated rings. The molecule has 0 aromatic carbocycles. The Labute approximate surface area is 102 Å². The molecule has 17 heavy (non-hydrogen) atoms. The lowest BCUT2D eigenvalue weighted by Gasteiger charge is -2.24. The summed E-state index contributed by atoms with van der Waals surface area (Å²) in [7, 11) is 1.64. The second-order valence-electron chi connectivity index (χ2n) is 4.55. The first-order valence-corrected chi connectivity index (χ1v) is 5.84. The largest absolute Gasteiger partial charge is 0.383 e. The van der Waals surface area contributed by atoms with Crippen LogP contribution in [-0.2, 0) is 4.74 Å². The molecule has 0 aliphatic heterocycles. The van der Waals surface area contributed by atoms with Crippen LogP contribution in [0.3, 0.4) is 0 Å². The summed E-state index contributed by atoms with van der Waals surface area (Å²) < 4.78 is 5.03. The standard InChI is InChI=1S/C12H21N3O2/c1-9(2)8-15(5-6-17-4)12(16)11-7-13-14-10(11)3/h7,9H,5-6,8H2,1-4H3,(H,13,14). The summed E-state index contributed by atoms with van der Waals surface area (Å²) in [6.07, 6.45) is 1.58. The predicted octanol–water partition coefficient (Wildman–Crippen LogP) is 1.46. The normalized spacial score (nSPS) is 10.9. The van der Waals surface area contributed by atoms with Gasteiger partial charge in [0.05, 0.1) is 18.4 Å². The van der Waals surface area contributed by atoms with Crippen molar-refractivity contribution < 1.29 is 9.53 Å². The number of carbonyl (C=O) groups is 1. The molecule has 1 N–H and O–H groups in total. The molecule has 96 valence electrons. The molecule has 0 radical (unpaired) electrons. The number of nitrogens with zero attached hydrogens (tertiary/aromatic N) is 2. The van der Waals surface area contributed by atoms with E-state index in [0.717, 1.165) is 12.2 Å². The van der Waals surface area contributed by atoms with Gasteiger partial charge in [-0.05, 0) is 12.8 Å². The Balaban J connectivity index is 2.75. The molecule has 5 heteroatoms. The van der Waals surface area contributed by atoms with E-state index < -0.39 is 0 Å². The highest BCUT2D eigenvalue weighted by Crippen LogP contribution is 2.09. The minimum Gasteiger partial charge on any atom is -0.383 e. The fraction of sp³-hybridized carbons (Fsp3) is 0.667. The van der Waals surface area contributed by atoms with Gasteiger partial charge in [-0.15, -0.1) is 0 Å². The van der Waals surface area contributed by atoms with Crippen LogP contribution in [0, 0.1) is 12.8 Å². The summed E-state index contributed by atoms with van der Waals surface area (Å²) in [4.78, 5) is 14.1. The SMILES string of the molecule is COCCN(CC(C)C)C(=O)c1cn[nH]c1C. The molecule has 0 bridgehead atoms. The Hall–Kier alpha value is -1.36. The van der Waals surface area contributed by atoms with Crippen molar-refractivity contribution in [1.82, 2.24) is 15.1 Å². The van der Waals surface area contributed by atoms with Gasteiger partial charge in [0.15, 0.2) is 0 Å². The molecule has 1 rings (SSSR count). The first-order chi connectivity index (χ1) is 8.06. The van der Waals surface area contributed by atoms with Crippen molar-refractivity contribution in [3.8, 4) is 0 Å². The van der Waals surface area contributed by atoms with Crippen molar-refractivity contribution in [3.05, 3.63) is 17.5 Å². The van der Waals surface area contributed by atoms with Gasteiger partial charge in [0, 0.05) is 25.9 Å². The van der Waals surface area contributed by atoms with E-state index in [0.29, 0.717) is 24.6 Å². The lowest BCUT2D eigenvalue weighted by Crippen LogP contribution is -2.36. The molecule has 1 aromatic rings. The van der Waals surface area contributed by atoms with Gasteiger partial charge in [-0.2, -0.15) is 5.10 Å². The van der Waals surface area contributed by atoms with Crippen LogP contribution in [0.15, 0.2) is 6.20 Å². The zero-order chi connectivity index (χ0) is 12.8. The van der Waals surface area contributed by atoms with Crippen molar-refractivity contribution in [2.24, 2.45) is 5.92 Å². The number of ether oxygens (including phenoxy) is 1. The molecule has 1 amide bonds. The van der Waals surface area contributed by atoms with Gasteiger partial charge in [-0.25, -0.2) is 0 Å². The Morgan fingerprint density at radius 1 is 1.59 bits per heavy atom. The number of methoxy groups -OCH3 is 1. The number of carbonyl (C=O) groups excluding carboxylic acids is 1. The maximum atomic E-state index is 12.3. The lowest BCUT2D eigenvalue weighted by molar-refractivity contribution is 0.0671. The predicted molar refractivity (Wildman–Crippen MR) is 65.9 cm³/mol. The summed E-state index contributed by atoms with van der Waals surface area (Å²) in [6, 6.07) is 0. The van der Waals surface area contributed by atoms with E-state index in [9.17, 15) is 4.79 Å². The van der Waals surface area contributed by atoms with Gasteiger partial charge < -0.3 is 9.64 Å². The van der Waals surface area contributed by atoms with E-state index in [1.54, 1.807) is 13.3 Å². The fourth-order valence-corrected chi connectivity index (χ4v) is 1.65. The van der Waals surface area contributed by atoms with Gasteiger partial charge in [0.1, 0.15) is 0 Å². The third kappa shape index (κ3) is 3.85. The molecule has 0 saturated heterocycles. The highest BCUT2D eigenvalue weighted by atomic mass is 16.5. The van der Waals surface area contributed by atoms with Crippen LogP contribution >= 0.6 is 0 Å².